The number of likely N-dealkylation sites (N-methyl/N-ethyl adjacent to an activating group) is 1. The molecule has 1 N–H and O–H groups in total. The summed E-state index contributed by atoms with van der Waals surface area (Å²) in [5.74, 6) is -1.02. The van der Waals surface area contributed by atoms with Gasteiger partial charge in [-0.1, -0.05) is 44.2 Å². The zero-order valence-corrected chi connectivity index (χ0v) is 25.8. The molecule has 0 radical (unpaired) electrons. The van der Waals surface area contributed by atoms with Crippen LogP contribution in [0.25, 0.3) is 21.8 Å². The lowest BCUT2D eigenvalue weighted by atomic mass is 9.99. The van der Waals surface area contributed by atoms with Crippen molar-refractivity contribution in [2.24, 2.45) is 0 Å². The van der Waals surface area contributed by atoms with Gasteiger partial charge in [-0.3, -0.25) is 4.79 Å². The number of hydrogen-bond acceptors (Lipinski definition) is 8. The van der Waals surface area contributed by atoms with Crippen molar-refractivity contribution in [1.29, 1.82) is 0 Å². The predicted octanol–water partition coefficient (Wildman–Crippen LogP) is 7.78. The van der Waals surface area contributed by atoms with Crippen molar-refractivity contribution in [3.63, 3.8) is 0 Å². The van der Waals surface area contributed by atoms with Crippen LogP contribution in [0.3, 0.4) is 0 Å². The number of halogens is 2. The van der Waals surface area contributed by atoms with Gasteiger partial charge in [0.25, 0.3) is 0 Å². The normalized spacial score (nSPS) is 11.3. The van der Waals surface area contributed by atoms with Gasteiger partial charge in [0, 0.05) is 42.4 Å². The van der Waals surface area contributed by atoms with Gasteiger partial charge in [0.1, 0.15) is 24.0 Å². The van der Waals surface area contributed by atoms with Crippen molar-refractivity contribution in [3.8, 4) is 27.6 Å². The zero-order chi connectivity index (χ0) is 31.2. The van der Waals surface area contributed by atoms with Crippen molar-refractivity contribution in [2.45, 2.75) is 26.2 Å². The number of carbonyl (C=O) groups is 1. The number of rotatable bonds is 12. The van der Waals surface area contributed by atoms with Crippen LogP contribution in [-0.4, -0.2) is 52.9 Å². The van der Waals surface area contributed by atoms with Gasteiger partial charge in [-0.15, -0.1) is 11.3 Å². The van der Waals surface area contributed by atoms with Crippen LogP contribution in [0.5, 0.6) is 5.75 Å². The van der Waals surface area contributed by atoms with E-state index in [2.05, 4.69) is 29.0 Å². The van der Waals surface area contributed by atoms with Crippen molar-refractivity contribution in [1.82, 2.24) is 19.9 Å². The lowest BCUT2D eigenvalue weighted by Crippen LogP contribution is -2.19. The van der Waals surface area contributed by atoms with E-state index in [0.717, 1.165) is 45.6 Å². The van der Waals surface area contributed by atoms with E-state index in [9.17, 15) is 13.6 Å². The quantitative estimate of drug-likeness (QED) is 0.144. The minimum atomic E-state index is -0.869. The molecule has 226 valence electrons. The molecular formula is C34H33F2N5O2S. The summed E-state index contributed by atoms with van der Waals surface area (Å²) >= 11 is 1.55. The molecule has 0 spiro atoms. The molecule has 0 unspecified atom stereocenters. The molecule has 2 heterocycles. The molecule has 10 heteroatoms. The van der Waals surface area contributed by atoms with E-state index in [1.54, 1.807) is 23.6 Å². The average Bonchev–Trinajstić information content (AvgIpc) is 3.44. The Morgan fingerprint density at radius 1 is 0.977 bits per heavy atom. The maximum atomic E-state index is 14.2. The minimum absolute atomic E-state index is 0.151. The first-order valence-corrected chi connectivity index (χ1v) is 15.0. The van der Waals surface area contributed by atoms with E-state index in [-0.39, 0.29) is 12.3 Å². The Morgan fingerprint density at radius 3 is 2.48 bits per heavy atom. The summed E-state index contributed by atoms with van der Waals surface area (Å²) in [4.78, 5) is 29.9. The van der Waals surface area contributed by atoms with E-state index < -0.39 is 23.0 Å². The Bertz CT molecular complexity index is 1750. The molecule has 0 saturated carbocycles. The van der Waals surface area contributed by atoms with Gasteiger partial charge in [0.05, 0.1) is 26.8 Å². The molecule has 0 bridgehead atoms. The largest absolute Gasteiger partial charge is 0.492 e. The lowest BCUT2D eigenvalue weighted by Gasteiger charge is -2.12. The summed E-state index contributed by atoms with van der Waals surface area (Å²) in [6.07, 6.45) is 1.54. The number of benzene rings is 3. The fourth-order valence-electron chi connectivity index (χ4n) is 4.50. The van der Waals surface area contributed by atoms with Gasteiger partial charge in [0.15, 0.2) is 5.78 Å². The highest BCUT2D eigenvalue weighted by atomic mass is 32.1. The highest BCUT2D eigenvalue weighted by molar-refractivity contribution is 7.15. The topological polar surface area (TPSA) is 80.2 Å². The van der Waals surface area contributed by atoms with Crippen LogP contribution in [0.15, 0.2) is 79.0 Å². The number of Topliss-reactive ketones (excluding diaryl/α,β-unsaturated/α-hetero) is 1. The van der Waals surface area contributed by atoms with Crippen LogP contribution >= 0.6 is 11.3 Å². The lowest BCUT2D eigenvalue weighted by molar-refractivity contribution is 0.0985. The van der Waals surface area contributed by atoms with E-state index in [1.165, 1.54) is 6.07 Å². The van der Waals surface area contributed by atoms with Crippen LogP contribution in [0, 0.1) is 11.6 Å². The molecule has 0 aliphatic rings. The van der Waals surface area contributed by atoms with Crippen LogP contribution < -0.4 is 10.1 Å². The molecule has 7 nitrogen and oxygen atoms in total. The fourth-order valence-corrected chi connectivity index (χ4v) is 5.56. The van der Waals surface area contributed by atoms with Crippen LogP contribution in [0.1, 0.15) is 40.7 Å². The number of ketones is 1. The first kappa shape index (κ1) is 30.9. The number of nitrogens with zero attached hydrogens (tertiary/aromatic N) is 4. The first-order valence-electron chi connectivity index (χ1n) is 14.2. The summed E-state index contributed by atoms with van der Waals surface area (Å²) in [7, 11) is 4.00. The molecule has 0 aliphatic heterocycles. The molecule has 3 aromatic carbocycles. The van der Waals surface area contributed by atoms with E-state index in [4.69, 9.17) is 14.7 Å². The van der Waals surface area contributed by atoms with Crippen molar-refractivity contribution >= 4 is 28.8 Å². The zero-order valence-electron chi connectivity index (χ0n) is 25.0. The first-order chi connectivity index (χ1) is 21.2. The molecule has 0 fully saturated rings. The van der Waals surface area contributed by atoms with Crippen LogP contribution in [0.4, 0.5) is 20.4 Å². The molecule has 0 amide bonds. The van der Waals surface area contributed by atoms with Gasteiger partial charge in [-0.2, -0.15) is 0 Å². The molecule has 5 rings (SSSR count). The molecule has 0 atom stereocenters. The maximum absolute atomic E-state index is 14.2. The summed E-state index contributed by atoms with van der Waals surface area (Å²) in [5.41, 5.74) is 3.07. The Balaban J connectivity index is 1.42. The summed E-state index contributed by atoms with van der Waals surface area (Å²) in [5, 5.41) is 4.20. The average molecular weight is 614 g/mol. The second kappa shape index (κ2) is 13.8. The smallest absolute Gasteiger partial charge is 0.227 e. The van der Waals surface area contributed by atoms with Gasteiger partial charge in [-0.25, -0.2) is 23.7 Å². The van der Waals surface area contributed by atoms with E-state index in [1.807, 2.05) is 62.6 Å². The third-order valence-electron chi connectivity index (χ3n) is 6.73. The number of anilines is 2. The van der Waals surface area contributed by atoms with Gasteiger partial charge in [0.2, 0.25) is 5.95 Å². The molecule has 0 saturated heterocycles. The van der Waals surface area contributed by atoms with Crippen LogP contribution in [-0.2, 0) is 6.42 Å². The minimum Gasteiger partial charge on any atom is -0.492 e. The Labute approximate surface area is 259 Å². The standard InChI is InChI=1S/C34H33F2N5O2S/c1-21(2)33-40-31(23-9-5-8-22(18-23)19-29(42)30-26(35)12-7-13-27(30)36)32(44-33)28-14-15-37-34(39-28)38-24-10-6-11-25(20-24)43-17-16-41(3)4/h5-15,18,20-21H,16-17,19H2,1-4H3,(H,37,38,39). The van der Waals surface area contributed by atoms with Gasteiger partial charge >= 0.3 is 0 Å². The Hall–Kier alpha value is -4.54. The number of aromatic nitrogens is 3. The van der Waals surface area contributed by atoms with Gasteiger partial charge in [-0.05, 0) is 56.1 Å². The number of ether oxygens (including phenoxy) is 1. The number of hydrogen-bond donors (Lipinski definition) is 1. The van der Waals surface area contributed by atoms with Crippen molar-refractivity contribution in [3.05, 3.63) is 107 Å². The van der Waals surface area contributed by atoms with E-state index >= 15 is 0 Å². The number of carbonyl (C=O) groups excluding carboxylic acids is 1. The SMILES string of the molecule is CC(C)c1nc(-c2cccc(CC(=O)c3c(F)cccc3F)c2)c(-c2ccnc(Nc3cccc(OCCN(C)C)c3)n2)s1. The molecule has 44 heavy (non-hydrogen) atoms. The fraction of sp³-hybridized carbons (Fsp3) is 0.235. The molecular weight excluding hydrogens is 580 g/mol. The summed E-state index contributed by atoms with van der Waals surface area (Å²) < 4.78 is 34.3. The number of thiazole rings is 1. The Kier molecular flexibility index (Phi) is 9.72. The molecule has 0 aliphatic carbocycles. The third kappa shape index (κ3) is 7.50. The number of nitrogens with one attached hydrogen (secondary N) is 1. The Morgan fingerprint density at radius 2 is 1.73 bits per heavy atom. The van der Waals surface area contributed by atoms with Crippen molar-refractivity contribution < 1.29 is 18.3 Å². The van der Waals surface area contributed by atoms with Gasteiger partial charge < -0.3 is 15.0 Å². The van der Waals surface area contributed by atoms with E-state index in [0.29, 0.717) is 29.5 Å². The van der Waals surface area contributed by atoms with Crippen LogP contribution in [0.2, 0.25) is 0 Å². The second-order valence-electron chi connectivity index (χ2n) is 10.9. The molecule has 2 aromatic heterocycles. The summed E-state index contributed by atoms with van der Waals surface area (Å²) in [6.45, 7) is 5.53. The predicted molar refractivity (Wildman–Crippen MR) is 171 cm³/mol. The second-order valence-corrected chi connectivity index (χ2v) is 11.9. The maximum Gasteiger partial charge on any atom is 0.227 e. The third-order valence-corrected chi connectivity index (χ3v) is 8.11. The monoisotopic (exact) mass is 613 g/mol. The summed E-state index contributed by atoms with van der Waals surface area (Å²) in [6, 6.07) is 20.2. The molecule has 5 aromatic rings. The van der Waals surface area contributed by atoms with Crippen molar-refractivity contribution in [2.75, 3.05) is 32.6 Å². The highest BCUT2D eigenvalue weighted by Crippen LogP contribution is 2.39. The highest BCUT2D eigenvalue weighted by Gasteiger charge is 2.21.